The molecular formula is C9H18N4O11P2. The van der Waals surface area contributed by atoms with Gasteiger partial charge in [-0.05, 0) is 0 Å². The third kappa shape index (κ3) is 11.8. The van der Waals surface area contributed by atoms with Gasteiger partial charge in [-0.25, -0.2) is 24.3 Å². The average Bonchev–Trinajstić information content (AvgIpc) is 2.95. The van der Waals surface area contributed by atoms with Crippen LogP contribution in [-0.2, 0) is 25.1 Å². The van der Waals surface area contributed by atoms with Gasteiger partial charge in [0.15, 0.2) is 0 Å². The summed E-state index contributed by atoms with van der Waals surface area (Å²) in [7, 11) is -9.15. The minimum atomic E-state index is -4.58. The molecule has 17 heteroatoms. The number of carbonyl (C=O) groups is 2. The van der Waals surface area contributed by atoms with Gasteiger partial charge in [0.2, 0.25) is 0 Å². The number of hydrogen-bond donors (Lipinski definition) is 10. The molecule has 15 nitrogen and oxygen atoms in total. The lowest BCUT2D eigenvalue weighted by atomic mass is 10.2. The predicted molar refractivity (Wildman–Crippen MR) is 82.6 cm³/mol. The van der Waals surface area contributed by atoms with Crippen LogP contribution in [0.1, 0.15) is 5.69 Å². The first-order valence-electron chi connectivity index (χ1n) is 6.46. The minimum absolute atomic E-state index is 0.107. The van der Waals surface area contributed by atoms with Crippen molar-refractivity contribution in [3.05, 3.63) is 18.2 Å². The number of aromatic nitrogens is 2. The molecule has 0 aliphatic heterocycles. The van der Waals surface area contributed by atoms with E-state index in [1.54, 1.807) is 5.09 Å². The van der Waals surface area contributed by atoms with Gasteiger partial charge in [0.1, 0.15) is 12.1 Å². The summed E-state index contributed by atoms with van der Waals surface area (Å²) in [6, 6.07) is -3.00. The first kappa shape index (κ1) is 24.3. The smallest absolute Gasteiger partial charge is 0.401 e. The number of aliphatic carboxylic acids is 2. The number of H-pyrrole nitrogens is 1. The van der Waals surface area contributed by atoms with Crippen LogP contribution < -0.4 is 10.2 Å². The Morgan fingerprint density at radius 2 is 1.50 bits per heavy atom. The third-order valence-electron chi connectivity index (χ3n) is 2.39. The first-order valence-corrected chi connectivity index (χ1v) is 9.68. The normalized spacial score (nSPS) is 14.0. The van der Waals surface area contributed by atoms with Crippen LogP contribution in [0.3, 0.4) is 0 Å². The monoisotopic (exact) mass is 420 g/mol. The van der Waals surface area contributed by atoms with Crippen molar-refractivity contribution in [2.45, 2.75) is 18.5 Å². The van der Waals surface area contributed by atoms with Crippen molar-refractivity contribution >= 4 is 27.4 Å². The van der Waals surface area contributed by atoms with Crippen LogP contribution >= 0.6 is 15.5 Å². The molecule has 1 heterocycles. The number of carboxylic acid groups (broad SMARTS) is 2. The SMILES string of the molecule is O=C(O)C(CO)NP(=O)(O)O.O=C(O)C(Cc1c[nH]cn1)NP(=O)(O)O. The zero-order valence-electron chi connectivity index (χ0n) is 12.8. The molecule has 0 radical (unpaired) electrons. The van der Waals surface area contributed by atoms with Crippen molar-refractivity contribution in [3.8, 4) is 0 Å². The highest BCUT2D eigenvalue weighted by Gasteiger charge is 2.26. The largest absolute Gasteiger partial charge is 0.480 e. The molecule has 0 saturated heterocycles. The number of imidazole rings is 1. The van der Waals surface area contributed by atoms with Crippen molar-refractivity contribution < 1.29 is 53.6 Å². The molecule has 2 atom stereocenters. The number of nitrogens with zero attached hydrogens (tertiary/aromatic N) is 1. The fourth-order valence-corrected chi connectivity index (χ4v) is 2.59. The molecule has 0 amide bonds. The fraction of sp³-hybridized carbons (Fsp3) is 0.444. The van der Waals surface area contributed by atoms with Crippen LogP contribution in [0.15, 0.2) is 12.5 Å². The van der Waals surface area contributed by atoms with E-state index in [4.69, 9.17) is 34.9 Å². The molecule has 0 bridgehead atoms. The lowest BCUT2D eigenvalue weighted by molar-refractivity contribution is -0.140. The summed E-state index contributed by atoms with van der Waals surface area (Å²) < 4.78 is 20.7. The van der Waals surface area contributed by atoms with E-state index in [0.717, 1.165) is 0 Å². The van der Waals surface area contributed by atoms with E-state index >= 15 is 0 Å². The van der Waals surface area contributed by atoms with Gasteiger partial charge in [-0.2, -0.15) is 0 Å². The van der Waals surface area contributed by atoms with Gasteiger partial charge >= 0.3 is 27.4 Å². The lowest BCUT2D eigenvalue weighted by Gasteiger charge is -2.13. The Morgan fingerprint density at radius 3 is 1.77 bits per heavy atom. The van der Waals surface area contributed by atoms with Crippen molar-refractivity contribution in [2.24, 2.45) is 0 Å². The number of aliphatic hydroxyl groups is 1. The van der Waals surface area contributed by atoms with Gasteiger partial charge in [0.25, 0.3) is 0 Å². The van der Waals surface area contributed by atoms with E-state index in [1.807, 2.05) is 0 Å². The van der Waals surface area contributed by atoms with E-state index in [1.165, 1.54) is 17.6 Å². The molecular weight excluding hydrogens is 402 g/mol. The van der Waals surface area contributed by atoms with Gasteiger partial charge in [0.05, 0.1) is 18.6 Å². The number of rotatable bonds is 9. The van der Waals surface area contributed by atoms with Gasteiger partial charge in [-0.3, -0.25) is 9.59 Å². The fourth-order valence-electron chi connectivity index (χ4n) is 1.38. The third-order valence-corrected chi connectivity index (χ3v) is 3.69. The predicted octanol–water partition coefficient (Wildman–Crippen LogP) is -2.80. The van der Waals surface area contributed by atoms with E-state index in [0.29, 0.717) is 5.69 Å². The topological polar surface area (TPSA) is 263 Å². The van der Waals surface area contributed by atoms with E-state index < -0.39 is 46.1 Å². The van der Waals surface area contributed by atoms with Crippen molar-refractivity contribution in [3.63, 3.8) is 0 Å². The Balaban J connectivity index is 0.000000508. The second-order valence-electron chi connectivity index (χ2n) is 4.58. The summed E-state index contributed by atoms with van der Waals surface area (Å²) in [6.07, 6.45) is 2.70. The first-order chi connectivity index (χ1) is 11.7. The minimum Gasteiger partial charge on any atom is -0.480 e. The summed E-state index contributed by atoms with van der Waals surface area (Å²) >= 11 is 0. The van der Waals surface area contributed by atoms with Crippen molar-refractivity contribution in [2.75, 3.05) is 6.61 Å². The van der Waals surface area contributed by atoms with Crippen LogP contribution in [0.4, 0.5) is 0 Å². The van der Waals surface area contributed by atoms with Crippen LogP contribution in [-0.4, -0.2) is 75.5 Å². The van der Waals surface area contributed by atoms with Crippen LogP contribution in [0, 0.1) is 0 Å². The Hall–Kier alpha value is -1.67. The summed E-state index contributed by atoms with van der Waals surface area (Å²) in [6.45, 7) is -0.875. The summed E-state index contributed by atoms with van der Waals surface area (Å²) in [4.78, 5) is 60.6. The Morgan fingerprint density at radius 1 is 1.04 bits per heavy atom. The zero-order chi connectivity index (χ0) is 20.5. The molecule has 1 aromatic rings. The molecule has 2 unspecified atom stereocenters. The molecule has 150 valence electrons. The Labute approximate surface area is 145 Å². The number of aromatic amines is 1. The number of hydrogen-bond acceptors (Lipinski definition) is 6. The maximum absolute atomic E-state index is 10.7. The molecule has 0 spiro atoms. The highest BCUT2D eigenvalue weighted by atomic mass is 31.2. The van der Waals surface area contributed by atoms with E-state index in [9.17, 15) is 18.7 Å². The van der Waals surface area contributed by atoms with Gasteiger partial charge < -0.3 is 39.9 Å². The Bertz CT molecular complexity index is 669. The second-order valence-corrected chi connectivity index (χ2v) is 7.27. The number of carboxylic acids is 2. The molecule has 26 heavy (non-hydrogen) atoms. The lowest BCUT2D eigenvalue weighted by Crippen LogP contribution is -2.37. The van der Waals surface area contributed by atoms with Crippen molar-refractivity contribution in [1.29, 1.82) is 0 Å². The molecule has 0 fully saturated rings. The van der Waals surface area contributed by atoms with Gasteiger partial charge in [0, 0.05) is 12.6 Å². The van der Waals surface area contributed by atoms with Crippen LogP contribution in [0.2, 0.25) is 0 Å². The highest BCUT2D eigenvalue weighted by Crippen LogP contribution is 2.29. The maximum atomic E-state index is 10.7. The molecule has 0 aromatic carbocycles. The summed E-state index contributed by atoms with van der Waals surface area (Å²) in [5, 5.41) is 28.3. The number of nitrogens with one attached hydrogen (secondary N) is 3. The average molecular weight is 420 g/mol. The van der Waals surface area contributed by atoms with Gasteiger partial charge in [-0.1, -0.05) is 0 Å². The molecule has 0 aliphatic rings. The maximum Gasteiger partial charge on any atom is 0.401 e. The van der Waals surface area contributed by atoms with E-state index in [2.05, 4.69) is 9.97 Å². The zero-order valence-corrected chi connectivity index (χ0v) is 14.6. The molecule has 1 rings (SSSR count). The highest BCUT2D eigenvalue weighted by molar-refractivity contribution is 7.49. The van der Waals surface area contributed by atoms with Crippen LogP contribution in [0.25, 0.3) is 0 Å². The Kier molecular flexibility index (Phi) is 9.80. The van der Waals surface area contributed by atoms with E-state index in [-0.39, 0.29) is 6.42 Å². The molecule has 0 saturated carbocycles. The molecule has 1 aromatic heterocycles. The summed E-state index contributed by atoms with van der Waals surface area (Å²) in [5.41, 5.74) is 0.406. The number of aliphatic hydroxyl groups excluding tert-OH is 1. The van der Waals surface area contributed by atoms with Crippen LogP contribution in [0.5, 0.6) is 0 Å². The summed E-state index contributed by atoms with van der Waals surface area (Å²) in [5.74, 6) is -2.86. The van der Waals surface area contributed by atoms with Gasteiger partial charge in [-0.15, -0.1) is 0 Å². The molecule has 0 aliphatic carbocycles. The second kappa shape index (κ2) is 10.5. The van der Waals surface area contributed by atoms with Crippen molar-refractivity contribution in [1.82, 2.24) is 20.1 Å². The quantitative estimate of drug-likeness (QED) is 0.181. The molecule has 10 N–H and O–H groups in total. The standard InChI is InChI=1S/C6H10N3O5P.C3H8NO6P/c10-6(11)5(9-15(12,13)14)1-4-2-7-3-8-4;5-1-2(3(6)7)4-11(8,9)10/h2-3,5H,1H2,(H,7,8)(H,10,11)(H3,9,12,13,14);2,5H,1H2,(H,6,7)(H3,4,8,9,10).